The maximum absolute atomic E-state index is 13.1. The van der Waals surface area contributed by atoms with Crippen LogP contribution in [0.2, 0.25) is 5.02 Å². The molecule has 0 amide bonds. The molecule has 0 aromatic heterocycles. The lowest BCUT2D eigenvalue weighted by Crippen LogP contribution is -2.21. The Labute approximate surface area is 78.9 Å². The molecule has 0 fully saturated rings. The molecule has 1 rings (SSSR count). The van der Waals surface area contributed by atoms with E-state index in [1.807, 2.05) is 0 Å². The molecule has 3 nitrogen and oxygen atoms in total. The molecule has 0 spiro atoms. The maximum atomic E-state index is 13.1. The zero-order valence-corrected chi connectivity index (χ0v) is 7.25. The van der Waals surface area contributed by atoms with E-state index in [1.165, 1.54) is 18.2 Å². The Morgan fingerprint density at radius 2 is 2.23 bits per heavy atom. The molecule has 70 valence electrons. The van der Waals surface area contributed by atoms with Gasteiger partial charge in [-0.3, -0.25) is 4.79 Å². The number of nitrogens with two attached hydrogens (primary N) is 1. The summed E-state index contributed by atoms with van der Waals surface area (Å²) < 4.78 is 13.1. The molecule has 0 aliphatic heterocycles. The first-order valence-corrected chi connectivity index (χ1v) is 3.84. The van der Waals surface area contributed by atoms with Crippen molar-refractivity contribution in [1.82, 2.24) is 0 Å². The van der Waals surface area contributed by atoms with Crippen molar-refractivity contribution >= 4 is 17.6 Å². The van der Waals surface area contributed by atoms with E-state index in [9.17, 15) is 9.18 Å². The van der Waals surface area contributed by atoms with Gasteiger partial charge in [0.05, 0.1) is 5.02 Å². The minimum atomic E-state index is -1.38. The molecule has 1 atom stereocenters. The van der Waals surface area contributed by atoms with Crippen molar-refractivity contribution in [3.63, 3.8) is 0 Å². The van der Waals surface area contributed by atoms with Crippen molar-refractivity contribution in [2.75, 3.05) is 0 Å². The SMILES string of the molecule is NC(C(=O)O)c1cccc(Cl)c1F. The van der Waals surface area contributed by atoms with Gasteiger partial charge in [-0.1, -0.05) is 23.7 Å². The van der Waals surface area contributed by atoms with Crippen LogP contribution >= 0.6 is 11.6 Å². The number of hydrogen-bond acceptors (Lipinski definition) is 2. The average molecular weight is 204 g/mol. The summed E-state index contributed by atoms with van der Waals surface area (Å²) >= 11 is 5.44. The zero-order valence-electron chi connectivity index (χ0n) is 6.50. The maximum Gasteiger partial charge on any atom is 0.325 e. The second kappa shape index (κ2) is 3.72. The van der Waals surface area contributed by atoms with E-state index in [1.54, 1.807) is 0 Å². The second-order valence-corrected chi connectivity index (χ2v) is 2.87. The highest BCUT2D eigenvalue weighted by molar-refractivity contribution is 6.30. The molecular formula is C8H7ClFNO2. The van der Waals surface area contributed by atoms with E-state index in [2.05, 4.69) is 0 Å². The second-order valence-electron chi connectivity index (χ2n) is 2.46. The average Bonchev–Trinajstić information content (AvgIpc) is 2.08. The largest absolute Gasteiger partial charge is 0.480 e. The standard InChI is InChI=1S/C8H7ClFNO2/c9-5-3-1-2-4(6(5)10)7(11)8(12)13/h1-3,7H,11H2,(H,12,13). The van der Waals surface area contributed by atoms with Gasteiger partial charge in [0.2, 0.25) is 0 Å². The highest BCUT2D eigenvalue weighted by Gasteiger charge is 2.19. The van der Waals surface area contributed by atoms with Gasteiger partial charge in [0.1, 0.15) is 11.9 Å². The molecule has 1 unspecified atom stereocenters. The Kier molecular flexibility index (Phi) is 2.85. The number of carbonyl (C=O) groups is 1. The Balaban J connectivity index is 3.15. The third-order valence-electron chi connectivity index (χ3n) is 1.58. The van der Waals surface area contributed by atoms with Crippen LogP contribution < -0.4 is 5.73 Å². The minimum absolute atomic E-state index is 0.111. The number of hydrogen-bond donors (Lipinski definition) is 2. The summed E-state index contributed by atoms with van der Waals surface area (Å²) in [6.45, 7) is 0. The molecule has 5 heteroatoms. The first-order chi connectivity index (χ1) is 6.04. The van der Waals surface area contributed by atoms with Gasteiger partial charge in [0, 0.05) is 5.56 Å². The zero-order chi connectivity index (χ0) is 10.0. The van der Waals surface area contributed by atoms with E-state index in [0.717, 1.165) is 0 Å². The van der Waals surface area contributed by atoms with Crippen LogP contribution in [-0.4, -0.2) is 11.1 Å². The molecule has 1 aromatic carbocycles. The molecule has 3 N–H and O–H groups in total. The van der Waals surface area contributed by atoms with E-state index in [4.69, 9.17) is 22.4 Å². The fourth-order valence-corrected chi connectivity index (χ4v) is 1.08. The summed E-state index contributed by atoms with van der Waals surface area (Å²) in [6.07, 6.45) is 0. The van der Waals surface area contributed by atoms with Crippen LogP contribution in [0, 0.1) is 5.82 Å². The van der Waals surface area contributed by atoms with Gasteiger partial charge < -0.3 is 10.8 Å². The van der Waals surface area contributed by atoms with E-state index < -0.39 is 17.8 Å². The fraction of sp³-hybridized carbons (Fsp3) is 0.125. The van der Waals surface area contributed by atoms with Crippen molar-refractivity contribution in [2.45, 2.75) is 6.04 Å². The van der Waals surface area contributed by atoms with Gasteiger partial charge >= 0.3 is 5.97 Å². The van der Waals surface area contributed by atoms with E-state index in [-0.39, 0.29) is 10.6 Å². The van der Waals surface area contributed by atoms with Crippen LogP contribution in [0.3, 0.4) is 0 Å². The lowest BCUT2D eigenvalue weighted by Gasteiger charge is -2.08. The predicted octanol–water partition coefficient (Wildman–Crippen LogP) is 1.56. The highest BCUT2D eigenvalue weighted by atomic mass is 35.5. The Morgan fingerprint density at radius 1 is 1.62 bits per heavy atom. The topological polar surface area (TPSA) is 63.3 Å². The Morgan fingerprint density at radius 3 is 2.77 bits per heavy atom. The normalized spacial score (nSPS) is 12.5. The molecule has 0 saturated heterocycles. The summed E-state index contributed by atoms with van der Waals surface area (Å²) in [4.78, 5) is 10.4. The molecule has 0 aliphatic carbocycles. The van der Waals surface area contributed by atoms with Crippen LogP contribution in [0.4, 0.5) is 4.39 Å². The quantitative estimate of drug-likeness (QED) is 0.767. The van der Waals surface area contributed by atoms with Crippen molar-refractivity contribution in [2.24, 2.45) is 5.73 Å². The smallest absolute Gasteiger partial charge is 0.325 e. The van der Waals surface area contributed by atoms with Crippen LogP contribution in [0.5, 0.6) is 0 Å². The third-order valence-corrected chi connectivity index (χ3v) is 1.87. The molecule has 0 saturated carbocycles. The molecule has 0 bridgehead atoms. The van der Waals surface area contributed by atoms with Crippen molar-refractivity contribution < 1.29 is 14.3 Å². The molecule has 0 radical (unpaired) electrons. The highest BCUT2D eigenvalue weighted by Crippen LogP contribution is 2.21. The van der Waals surface area contributed by atoms with Crippen LogP contribution in [0.1, 0.15) is 11.6 Å². The number of benzene rings is 1. The number of carboxylic acid groups (broad SMARTS) is 1. The Hall–Kier alpha value is -1.13. The minimum Gasteiger partial charge on any atom is -0.480 e. The summed E-state index contributed by atoms with van der Waals surface area (Å²) in [5.74, 6) is -2.07. The van der Waals surface area contributed by atoms with Crippen LogP contribution in [0.15, 0.2) is 18.2 Å². The van der Waals surface area contributed by atoms with Gasteiger partial charge in [-0.15, -0.1) is 0 Å². The summed E-state index contributed by atoms with van der Waals surface area (Å²) in [6, 6.07) is 2.69. The number of aliphatic carboxylic acids is 1. The first kappa shape index (κ1) is 9.95. The monoisotopic (exact) mass is 203 g/mol. The van der Waals surface area contributed by atoms with Crippen molar-refractivity contribution in [3.8, 4) is 0 Å². The molecule has 0 aliphatic rings. The third kappa shape index (κ3) is 1.96. The Bertz CT molecular complexity index is 343. The molecule has 0 heterocycles. The van der Waals surface area contributed by atoms with E-state index >= 15 is 0 Å². The van der Waals surface area contributed by atoms with Crippen LogP contribution in [-0.2, 0) is 4.79 Å². The summed E-state index contributed by atoms with van der Waals surface area (Å²) in [7, 11) is 0. The van der Waals surface area contributed by atoms with Gasteiger partial charge in [0.25, 0.3) is 0 Å². The van der Waals surface area contributed by atoms with Gasteiger partial charge in [-0.25, -0.2) is 4.39 Å². The van der Waals surface area contributed by atoms with Crippen molar-refractivity contribution in [3.05, 3.63) is 34.6 Å². The van der Waals surface area contributed by atoms with E-state index in [0.29, 0.717) is 0 Å². The first-order valence-electron chi connectivity index (χ1n) is 3.46. The fourth-order valence-electron chi connectivity index (χ4n) is 0.894. The lowest BCUT2D eigenvalue weighted by atomic mass is 10.1. The number of rotatable bonds is 2. The summed E-state index contributed by atoms with van der Waals surface area (Å²) in [5, 5.41) is 8.39. The molecular weight excluding hydrogens is 197 g/mol. The number of carboxylic acids is 1. The molecule has 13 heavy (non-hydrogen) atoms. The summed E-state index contributed by atoms with van der Waals surface area (Å²) in [5.41, 5.74) is 5.10. The van der Waals surface area contributed by atoms with Crippen LogP contribution in [0.25, 0.3) is 0 Å². The number of halogens is 2. The van der Waals surface area contributed by atoms with Gasteiger partial charge in [0.15, 0.2) is 0 Å². The van der Waals surface area contributed by atoms with Gasteiger partial charge in [-0.05, 0) is 6.07 Å². The predicted molar refractivity (Wildman–Crippen MR) is 46.0 cm³/mol. The lowest BCUT2D eigenvalue weighted by molar-refractivity contribution is -0.138. The molecule has 1 aromatic rings. The van der Waals surface area contributed by atoms with Gasteiger partial charge in [-0.2, -0.15) is 0 Å². The van der Waals surface area contributed by atoms with Crippen molar-refractivity contribution in [1.29, 1.82) is 0 Å².